The smallest absolute Gasteiger partial charge is 0.329 e. The van der Waals surface area contributed by atoms with Crippen molar-refractivity contribution in [1.82, 2.24) is 10.6 Å². The van der Waals surface area contributed by atoms with E-state index in [1.807, 2.05) is 19.1 Å². The van der Waals surface area contributed by atoms with Gasteiger partial charge in [0.2, 0.25) is 0 Å². The molecule has 19 heavy (non-hydrogen) atoms. The molecule has 0 aliphatic carbocycles. The standard InChI is InChI=1S/C12H17BrN2O3S/c1-3-6-12(2,10(16)17)15-11(18)14-7-8-4-5-9(13)19-8/h4-5H,3,6-7H2,1-2H3,(H,16,17)(H2,14,15,18). The van der Waals surface area contributed by atoms with Crippen molar-refractivity contribution in [2.24, 2.45) is 0 Å². The van der Waals surface area contributed by atoms with Gasteiger partial charge in [-0.15, -0.1) is 11.3 Å². The van der Waals surface area contributed by atoms with Gasteiger partial charge in [-0.3, -0.25) is 0 Å². The van der Waals surface area contributed by atoms with Crippen LogP contribution in [0.25, 0.3) is 0 Å². The van der Waals surface area contributed by atoms with E-state index in [1.54, 1.807) is 0 Å². The molecule has 0 saturated heterocycles. The van der Waals surface area contributed by atoms with Crippen LogP contribution in [0.3, 0.4) is 0 Å². The predicted molar refractivity (Wildman–Crippen MR) is 78.3 cm³/mol. The van der Waals surface area contributed by atoms with E-state index < -0.39 is 17.5 Å². The molecule has 3 N–H and O–H groups in total. The number of carboxylic acids is 1. The van der Waals surface area contributed by atoms with Crippen LogP contribution in [0.15, 0.2) is 15.9 Å². The van der Waals surface area contributed by atoms with Gasteiger partial charge in [0.15, 0.2) is 0 Å². The summed E-state index contributed by atoms with van der Waals surface area (Å²) in [6.07, 6.45) is 1.07. The summed E-state index contributed by atoms with van der Waals surface area (Å²) in [5.41, 5.74) is -1.23. The Bertz CT molecular complexity index is 464. The second-order valence-electron chi connectivity index (χ2n) is 4.40. The largest absolute Gasteiger partial charge is 0.480 e. The zero-order valence-electron chi connectivity index (χ0n) is 10.8. The molecule has 5 nitrogen and oxygen atoms in total. The minimum Gasteiger partial charge on any atom is -0.480 e. The molecule has 0 aliphatic rings. The summed E-state index contributed by atoms with van der Waals surface area (Å²) in [5, 5.41) is 14.3. The zero-order chi connectivity index (χ0) is 14.5. The lowest BCUT2D eigenvalue weighted by Crippen LogP contribution is -2.54. The van der Waals surface area contributed by atoms with Crippen LogP contribution in [0.2, 0.25) is 0 Å². The lowest BCUT2D eigenvalue weighted by molar-refractivity contribution is -0.144. The number of nitrogens with one attached hydrogen (secondary N) is 2. The Kier molecular flexibility index (Phi) is 5.81. The number of hydrogen-bond donors (Lipinski definition) is 3. The molecule has 2 amide bonds. The molecule has 7 heteroatoms. The average Bonchev–Trinajstić information content (AvgIpc) is 2.72. The molecule has 0 fully saturated rings. The van der Waals surface area contributed by atoms with Gasteiger partial charge in [0, 0.05) is 4.88 Å². The van der Waals surface area contributed by atoms with Crippen LogP contribution < -0.4 is 10.6 Å². The number of thiophene rings is 1. The minimum absolute atomic E-state index is 0.379. The van der Waals surface area contributed by atoms with Gasteiger partial charge < -0.3 is 15.7 Å². The normalized spacial score (nSPS) is 13.6. The van der Waals surface area contributed by atoms with Crippen molar-refractivity contribution in [1.29, 1.82) is 0 Å². The number of amides is 2. The van der Waals surface area contributed by atoms with Crippen molar-refractivity contribution in [3.8, 4) is 0 Å². The summed E-state index contributed by atoms with van der Waals surface area (Å²) in [6, 6.07) is 3.33. The zero-order valence-corrected chi connectivity index (χ0v) is 13.2. The maximum Gasteiger partial charge on any atom is 0.329 e. The maximum atomic E-state index is 11.7. The van der Waals surface area contributed by atoms with Gasteiger partial charge >= 0.3 is 12.0 Å². The van der Waals surface area contributed by atoms with E-state index >= 15 is 0 Å². The van der Waals surface area contributed by atoms with Crippen LogP contribution in [0.5, 0.6) is 0 Å². The number of aliphatic carboxylic acids is 1. The molecular formula is C12H17BrN2O3S. The van der Waals surface area contributed by atoms with Crippen molar-refractivity contribution < 1.29 is 14.7 Å². The van der Waals surface area contributed by atoms with Crippen molar-refractivity contribution >= 4 is 39.3 Å². The lowest BCUT2D eigenvalue weighted by atomic mass is 9.97. The predicted octanol–water partition coefficient (Wildman–Crippen LogP) is 2.95. The Balaban J connectivity index is 2.51. The third kappa shape index (κ3) is 4.83. The number of carbonyl (C=O) groups is 2. The van der Waals surface area contributed by atoms with Gasteiger partial charge in [-0.2, -0.15) is 0 Å². The van der Waals surface area contributed by atoms with E-state index in [2.05, 4.69) is 26.6 Å². The summed E-state index contributed by atoms with van der Waals surface area (Å²) < 4.78 is 0.992. The summed E-state index contributed by atoms with van der Waals surface area (Å²) in [6.45, 7) is 3.77. The summed E-state index contributed by atoms with van der Waals surface area (Å²) in [4.78, 5) is 23.9. The summed E-state index contributed by atoms with van der Waals surface area (Å²) in [7, 11) is 0. The van der Waals surface area contributed by atoms with Crippen molar-refractivity contribution in [3.05, 3.63) is 20.8 Å². The van der Waals surface area contributed by atoms with Gasteiger partial charge in [0.05, 0.1) is 10.3 Å². The second kappa shape index (κ2) is 6.91. The van der Waals surface area contributed by atoms with Crippen LogP contribution in [0.1, 0.15) is 31.6 Å². The SMILES string of the molecule is CCCC(C)(NC(=O)NCc1ccc(Br)s1)C(=O)O. The summed E-state index contributed by atoms with van der Waals surface area (Å²) in [5.74, 6) is -1.02. The molecule has 0 aromatic carbocycles. The molecule has 0 saturated carbocycles. The van der Waals surface area contributed by atoms with E-state index in [0.717, 1.165) is 8.66 Å². The number of rotatable bonds is 6. The highest BCUT2D eigenvalue weighted by molar-refractivity contribution is 9.11. The molecule has 0 spiro atoms. The monoisotopic (exact) mass is 348 g/mol. The number of hydrogen-bond acceptors (Lipinski definition) is 3. The molecule has 1 heterocycles. The first-order chi connectivity index (χ1) is 8.87. The minimum atomic E-state index is -1.23. The van der Waals surface area contributed by atoms with E-state index in [0.29, 0.717) is 19.4 Å². The highest BCUT2D eigenvalue weighted by atomic mass is 79.9. The fraction of sp³-hybridized carbons (Fsp3) is 0.500. The molecule has 1 aromatic heterocycles. The van der Waals surface area contributed by atoms with E-state index in [9.17, 15) is 9.59 Å². The lowest BCUT2D eigenvalue weighted by Gasteiger charge is -2.25. The second-order valence-corrected chi connectivity index (χ2v) is 6.95. The number of carboxylic acid groups (broad SMARTS) is 1. The van der Waals surface area contributed by atoms with Gasteiger partial charge in [-0.05, 0) is 41.4 Å². The van der Waals surface area contributed by atoms with Crippen LogP contribution >= 0.6 is 27.3 Å². The maximum absolute atomic E-state index is 11.7. The van der Waals surface area contributed by atoms with Crippen molar-refractivity contribution in [2.75, 3.05) is 0 Å². The highest BCUT2D eigenvalue weighted by Crippen LogP contribution is 2.21. The van der Waals surface area contributed by atoms with Gasteiger partial charge in [-0.1, -0.05) is 13.3 Å². The molecule has 1 rings (SSSR count). The molecule has 1 unspecified atom stereocenters. The van der Waals surface area contributed by atoms with Crippen LogP contribution in [-0.2, 0) is 11.3 Å². The van der Waals surface area contributed by atoms with E-state index in [4.69, 9.17) is 5.11 Å². The Morgan fingerprint density at radius 1 is 1.47 bits per heavy atom. The molecule has 106 valence electrons. The molecule has 1 atom stereocenters. The Morgan fingerprint density at radius 3 is 2.63 bits per heavy atom. The number of urea groups is 1. The Hall–Kier alpha value is -1.08. The molecule has 0 radical (unpaired) electrons. The first kappa shape index (κ1) is 16.0. The van der Waals surface area contributed by atoms with E-state index in [-0.39, 0.29) is 0 Å². The van der Waals surface area contributed by atoms with Gasteiger partial charge in [0.25, 0.3) is 0 Å². The quantitative estimate of drug-likeness (QED) is 0.739. The van der Waals surface area contributed by atoms with Crippen LogP contribution in [-0.4, -0.2) is 22.6 Å². The highest BCUT2D eigenvalue weighted by Gasteiger charge is 2.33. The fourth-order valence-electron chi connectivity index (χ4n) is 1.63. The van der Waals surface area contributed by atoms with Crippen molar-refractivity contribution in [3.63, 3.8) is 0 Å². The van der Waals surface area contributed by atoms with Crippen LogP contribution in [0, 0.1) is 0 Å². The van der Waals surface area contributed by atoms with E-state index in [1.165, 1.54) is 18.3 Å². The van der Waals surface area contributed by atoms with Crippen LogP contribution in [0.4, 0.5) is 4.79 Å². The third-order valence-corrected chi connectivity index (χ3v) is 4.29. The average molecular weight is 349 g/mol. The molecule has 1 aromatic rings. The first-order valence-electron chi connectivity index (χ1n) is 5.91. The van der Waals surface area contributed by atoms with Gasteiger partial charge in [0.1, 0.15) is 5.54 Å². The third-order valence-electron chi connectivity index (χ3n) is 2.66. The summed E-state index contributed by atoms with van der Waals surface area (Å²) >= 11 is 4.86. The Morgan fingerprint density at radius 2 is 2.16 bits per heavy atom. The number of halogens is 1. The fourth-order valence-corrected chi connectivity index (χ4v) is 3.05. The molecule has 0 aliphatic heterocycles. The van der Waals surface area contributed by atoms with Gasteiger partial charge in [-0.25, -0.2) is 9.59 Å². The Labute approximate surface area is 124 Å². The topological polar surface area (TPSA) is 78.4 Å². The number of carbonyl (C=O) groups excluding carboxylic acids is 1. The molecular weight excluding hydrogens is 332 g/mol. The molecule has 0 bridgehead atoms. The first-order valence-corrected chi connectivity index (χ1v) is 7.52. The van der Waals surface area contributed by atoms with Crippen molar-refractivity contribution in [2.45, 2.75) is 38.8 Å².